The van der Waals surface area contributed by atoms with Crippen LogP contribution in [0.3, 0.4) is 0 Å². The van der Waals surface area contributed by atoms with Gasteiger partial charge in [-0.3, -0.25) is 4.79 Å². The normalized spacial score (nSPS) is 10.8. The molecule has 1 heterocycles. The number of fused-ring (bicyclic) bond motifs is 1. The highest BCUT2D eigenvalue weighted by atomic mass is 32.1. The van der Waals surface area contributed by atoms with Gasteiger partial charge in [-0.05, 0) is 41.7 Å². The predicted molar refractivity (Wildman–Crippen MR) is 88.9 cm³/mol. The van der Waals surface area contributed by atoms with Crippen LogP contribution in [0, 0.1) is 0 Å². The largest absolute Gasteiger partial charge is 0.334 e. The molecule has 0 bridgehead atoms. The fourth-order valence-corrected chi connectivity index (χ4v) is 2.96. The quantitative estimate of drug-likeness (QED) is 0.721. The number of amides is 1. The third kappa shape index (κ3) is 3.14. The van der Waals surface area contributed by atoms with E-state index in [0.29, 0.717) is 12.1 Å². The van der Waals surface area contributed by atoms with Crippen molar-refractivity contribution in [3.05, 3.63) is 59.7 Å². The average molecular weight is 311 g/mol. The minimum absolute atomic E-state index is 0.0422. The van der Waals surface area contributed by atoms with Crippen LogP contribution in [0.15, 0.2) is 48.5 Å². The van der Waals surface area contributed by atoms with Crippen LogP contribution in [0.1, 0.15) is 29.3 Å². The third-order valence-corrected chi connectivity index (χ3v) is 4.20. The monoisotopic (exact) mass is 311 g/mol. The number of hydrogen-bond donors (Lipinski definition) is 0. The molecule has 1 aromatic heterocycles. The van der Waals surface area contributed by atoms with Crippen molar-refractivity contribution < 1.29 is 4.79 Å². The van der Waals surface area contributed by atoms with Crippen molar-refractivity contribution in [3.8, 4) is 0 Å². The molecule has 0 aliphatic heterocycles. The zero-order chi connectivity index (χ0) is 15.4. The lowest BCUT2D eigenvalue weighted by Gasteiger charge is -2.22. The van der Waals surface area contributed by atoms with E-state index < -0.39 is 0 Å². The molecular formula is C17H17N3OS. The Hall–Kier alpha value is -2.27. The Morgan fingerprint density at radius 3 is 2.77 bits per heavy atom. The molecule has 0 spiro atoms. The fourth-order valence-electron chi connectivity index (χ4n) is 2.42. The minimum Gasteiger partial charge on any atom is -0.334 e. The Labute approximate surface area is 133 Å². The Kier molecular flexibility index (Phi) is 4.44. The average Bonchev–Trinajstić information content (AvgIpc) is 3.02. The summed E-state index contributed by atoms with van der Waals surface area (Å²) in [5.74, 6) is 0.0422. The molecule has 0 saturated heterocycles. The van der Waals surface area contributed by atoms with E-state index in [4.69, 9.17) is 0 Å². The van der Waals surface area contributed by atoms with E-state index >= 15 is 0 Å². The van der Waals surface area contributed by atoms with Crippen LogP contribution in [0.4, 0.5) is 0 Å². The van der Waals surface area contributed by atoms with Crippen LogP contribution in [0.5, 0.6) is 0 Å². The van der Waals surface area contributed by atoms with Crippen LogP contribution in [0.2, 0.25) is 0 Å². The minimum atomic E-state index is 0.0422. The second-order valence-corrected chi connectivity index (χ2v) is 5.95. The number of hydrogen-bond acceptors (Lipinski definition) is 4. The molecule has 2 aromatic carbocycles. The molecule has 0 saturated carbocycles. The zero-order valence-corrected chi connectivity index (χ0v) is 13.2. The molecule has 3 rings (SSSR count). The molecule has 4 nitrogen and oxygen atoms in total. The molecule has 0 radical (unpaired) electrons. The van der Waals surface area contributed by atoms with Crippen LogP contribution in [0.25, 0.3) is 10.2 Å². The number of carbonyl (C=O) groups excluding carboxylic acids is 1. The summed E-state index contributed by atoms with van der Waals surface area (Å²) in [5.41, 5.74) is 2.59. The maximum Gasteiger partial charge on any atom is 0.254 e. The van der Waals surface area contributed by atoms with Crippen LogP contribution >= 0.6 is 11.5 Å². The maximum absolute atomic E-state index is 12.8. The van der Waals surface area contributed by atoms with Crippen molar-refractivity contribution in [1.82, 2.24) is 14.5 Å². The molecule has 0 fully saturated rings. The van der Waals surface area contributed by atoms with E-state index in [1.54, 1.807) is 0 Å². The van der Waals surface area contributed by atoms with E-state index in [0.717, 1.165) is 28.7 Å². The Morgan fingerprint density at radius 1 is 1.18 bits per heavy atom. The summed E-state index contributed by atoms with van der Waals surface area (Å²) in [5, 5.41) is 4.05. The number of nitrogens with zero attached hydrogens (tertiary/aromatic N) is 3. The van der Waals surface area contributed by atoms with Crippen molar-refractivity contribution >= 4 is 27.7 Å². The molecule has 3 aromatic rings. The van der Waals surface area contributed by atoms with E-state index in [9.17, 15) is 4.79 Å². The van der Waals surface area contributed by atoms with E-state index in [1.807, 2.05) is 53.4 Å². The first-order valence-corrected chi connectivity index (χ1v) is 8.10. The highest BCUT2D eigenvalue weighted by Gasteiger charge is 2.16. The van der Waals surface area contributed by atoms with Crippen molar-refractivity contribution in [1.29, 1.82) is 0 Å². The van der Waals surface area contributed by atoms with Gasteiger partial charge < -0.3 is 4.90 Å². The second kappa shape index (κ2) is 6.66. The van der Waals surface area contributed by atoms with Gasteiger partial charge >= 0.3 is 0 Å². The Balaban J connectivity index is 1.85. The number of benzene rings is 2. The molecule has 1 amide bonds. The lowest BCUT2D eigenvalue weighted by Crippen LogP contribution is -2.31. The van der Waals surface area contributed by atoms with Gasteiger partial charge in [0.2, 0.25) is 0 Å². The smallest absolute Gasteiger partial charge is 0.254 e. The lowest BCUT2D eigenvalue weighted by molar-refractivity contribution is 0.0743. The van der Waals surface area contributed by atoms with Crippen LogP contribution < -0.4 is 0 Å². The Morgan fingerprint density at radius 2 is 2.00 bits per heavy atom. The summed E-state index contributed by atoms with van der Waals surface area (Å²) in [7, 11) is 0. The van der Waals surface area contributed by atoms with E-state index in [-0.39, 0.29) is 5.91 Å². The predicted octanol–water partition coefficient (Wildman–Crippen LogP) is 3.74. The summed E-state index contributed by atoms with van der Waals surface area (Å²) in [6.45, 7) is 3.45. The van der Waals surface area contributed by atoms with E-state index in [1.165, 1.54) is 11.5 Å². The zero-order valence-electron chi connectivity index (χ0n) is 12.4. The van der Waals surface area contributed by atoms with Gasteiger partial charge in [-0.15, -0.1) is 5.10 Å². The summed E-state index contributed by atoms with van der Waals surface area (Å²) >= 11 is 1.34. The highest BCUT2D eigenvalue weighted by molar-refractivity contribution is 7.12. The van der Waals surface area contributed by atoms with Gasteiger partial charge in [0.25, 0.3) is 5.91 Å². The fraction of sp³-hybridized carbons (Fsp3) is 0.235. The summed E-state index contributed by atoms with van der Waals surface area (Å²) in [4.78, 5) is 14.7. The topological polar surface area (TPSA) is 46.1 Å². The van der Waals surface area contributed by atoms with Gasteiger partial charge in [0.05, 0.1) is 4.70 Å². The molecular weight excluding hydrogens is 294 g/mol. The maximum atomic E-state index is 12.8. The molecule has 0 atom stereocenters. The summed E-state index contributed by atoms with van der Waals surface area (Å²) in [6, 6.07) is 15.7. The highest BCUT2D eigenvalue weighted by Crippen LogP contribution is 2.19. The molecule has 0 N–H and O–H groups in total. The van der Waals surface area contributed by atoms with Crippen molar-refractivity contribution in [2.24, 2.45) is 0 Å². The molecule has 0 aliphatic rings. The first-order valence-electron chi connectivity index (χ1n) is 7.33. The molecule has 5 heteroatoms. The number of rotatable bonds is 5. The number of carbonyl (C=O) groups is 1. The van der Waals surface area contributed by atoms with Gasteiger partial charge in [-0.2, -0.15) is 0 Å². The van der Waals surface area contributed by atoms with Gasteiger partial charge in [0.15, 0.2) is 0 Å². The van der Waals surface area contributed by atoms with Gasteiger partial charge in [0, 0.05) is 18.7 Å². The molecule has 0 aliphatic carbocycles. The van der Waals surface area contributed by atoms with Crippen molar-refractivity contribution in [2.45, 2.75) is 19.9 Å². The SMILES string of the molecule is CCCN(Cc1ccccc1)C(=O)c1ccc2snnc2c1. The Bertz CT molecular complexity index is 770. The lowest BCUT2D eigenvalue weighted by atomic mass is 10.1. The number of aromatic nitrogens is 2. The van der Waals surface area contributed by atoms with E-state index in [2.05, 4.69) is 16.5 Å². The summed E-state index contributed by atoms with van der Waals surface area (Å²) in [6.07, 6.45) is 0.930. The van der Waals surface area contributed by atoms with Crippen molar-refractivity contribution in [3.63, 3.8) is 0 Å². The third-order valence-electron chi connectivity index (χ3n) is 3.49. The summed E-state index contributed by atoms with van der Waals surface area (Å²) < 4.78 is 4.92. The van der Waals surface area contributed by atoms with Gasteiger partial charge in [-0.1, -0.05) is 41.7 Å². The van der Waals surface area contributed by atoms with Gasteiger partial charge in [0.1, 0.15) is 5.52 Å². The van der Waals surface area contributed by atoms with Crippen LogP contribution in [-0.4, -0.2) is 26.9 Å². The first-order chi connectivity index (χ1) is 10.8. The van der Waals surface area contributed by atoms with Crippen LogP contribution in [-0.2, 0) is 6.54 Å². The molecule has 22 heavy (non-hydrogen) atoms. The van der Waals surface area contributed by atoms with Crippen molar-refractivity contribution in [2.75, 3.05) is 6.54 Å². The second-order valence-electron chi connectivity index (χ2n) is 5.17. The molecule has 0 unspecified atom stereocenters. The molecule has 112 valence electrons. The standard InChI is InChI=1S/C17H17N3OS/c1-2-10-20(12-13-6-4-3-5-7-13)17(21)14-8-9-16-15(11-14)18-19-22-16/h3-9,11H,2,10,12H2,1H3. The van der Waals surface area contributed by atoms with Gasteiger partial charge in [-0.25, -0.2) is 0 Å². The first kappa shape index (κ1) is 14.7.